The van der Waals surface area contributed by atoms with E-state index in [4.69, 9.17) is 0 Å². The van der Waals surface area contributed by atoms with Crippen molar-refractivity contribution in [1.29, 1.82) is 0 Å². The van der Waals surface area contributed by atoms with Gasteiger partial charge in [0.1, 0.15) is 0 Å². The molecular weight excluding hydrogens is 174 g/mol. The molecular formula is C12H19NO. The molecule has 14 heavy (non-hydrogen) atoms. The van der Waals surface area contributed by atoms with Gasteiger partial charge in [0, 0.05) is 0 Å². The number of benzene rings is 1. The maximum absolute atomic E-state index is 9.78. The fourth-order valence-electron chi connectivity index (χ4n) is 1.42. The third kappa shape index (κ3) is 3.13. The van der Waals surface area contributed by atoms with Crippen LogP contribution in [0.25, 0.3) is 0 Å². The molecule has 0 aliphatic rings. The van der Waals surface area contributed by atoms with Crippen LogP contribution in [0.3, 0.4) is 0 Å². The Hall–Kier alpha value is -0.860. The third-order valence-electron chi connectivity index (χ3n) is 2.44. The Morgan fingerprint density at radius 1 is 1.29 bits per heavy atom. The second-order valence-corrected chi connectivity index (χ2v) is 3.50. The normalized spacial score (nSPS) is 12.8. The van der Waals surface area contributed by atoms with Crippen molar-refractivity contribution in [2.45, 2.75) is 25.9 Å². The number of aliphatic hydroxyl groups is 1. The summed E-state index contributed by atoms with van der Waals surface area (Å²) >= 11 is 0. The average Bonchev–Trinajstić information content (AvgIpc) is 2.26. The fourth-order valence-corrected chi connectivity index (χ4v) is 1.42. The van der Waals surface area contributed by atoms with Crippen molar-refractivity contribution in [3.8, 4) is 0 Å². The molecule has 0 saturated carbocycles. The number of aryl methyl sites for hydroxylation is 1. The minimum atomic E-state index is -0.339. The summed E-state index contributed by atoms with van der Waals surface area (Å²) < 4.78 is 0. The molecule has 2 heteroatoms. The minimum Gasteiger partial charge on any atom is -0.388 e. The van der Waals surface area contributed by atoms with Crippen LogP contribution in [0.15, 0.2) is 24.3 Å². The van der Waals surface area contributed by atoms with E-state index in [9.17, 15) is 5.11 Å². The summed E-state index contributed by atoms with van der Waals surface area (Å²) in [5.74, 6) is 0. The molecule has 0 saturated heterocycles. The molecule has 1 aromatic rings. The van der Waals surface area contributed by atoms with Gasteiger partial charge in [-0.25, -0.2) is 0 Å². The van der Waals surface area contributed by atoms with E-state index >= 15 is 0 Å². The molecule has 0 radical (unpaired) electrons. The molecule has 0 spiro atoms. The highest BCUT2D eigenvalue weighted by Gasteiger charge is 2.05. The highest BCUT2D eigenvalue weighted by molar-refractivity contribution is 5.24. The van der Waals surface area contributed by atoms with Crippen molar-refractivity contribution in [2.24, 2.45) is 0 Å². The molecule has 0 heterocycles. The Kier molecular flexibility index (Phi) is 4.63. The lowest BCUT2D eigenvalue weighted by molar-refractivity contribution is 0.167. The number of rotatable bonds is 5. The first kappa shape index (κ1) is 11.2. The maximum atomic E-state index is 9.78. The summed E-state index contributed by atoms with van der Waals surface area (Å²) in [5, 5.41) is 12.8. The molecule has 78 valence electrons. The first-order chi connectivity index (χ1) is 6.77. The zero-order valence-corrected chi connectivity index (χ0v) is 8.96. The van der Waals surface area contributed by atoms with Crippen LogP contribution in [-0.2, 0) is 6.42 Å². The largest absolute Gasteiger partial charge is 0.388 e. The van der Waals surface area contributed by atoms with Gasteiger partial charge in [-0.2, -0.15) is 0 Å². The highest BCUT2D eigenvalue weighted by Crippen LogP contribution is 2.16. The lowest BCUT2D eigenvalue weighted by atomic mass is 10.0. The Morgan fingerprint density at radius 3 is 2.43 bits per heavy atom. The fraction of sp³-hybridized carbons (Fsp3) is 0.500. The lowest BCUT2D eigenvalue weighted by Crippen LogP contribution is -2.11. The van der Waals surface area contributed by atoms with Gasteiger partial charge in [0.2, 0.25) is 0 Å². The summed E-state index contributed by atoms with van der Waals surface area (Å²) in [6.07, 6.45) is 1.47. The van der Waals surface area contributed by atoms with Gasteiger partial charge in [-0.1, -0.05) is 31.2 Å². The molecule has 0 aliphatic carbocycles. The number of hydrogen-bond acceptors (Lipinski definition) is 2. The quantitative estimate of drug-likeness (QED) is 0.748. The van der Waals surface area contributed by atoms with Crippen molar-refractivity contribution < 1.29 is 5.11 Å². The van der Waals surface area contributed by atoms with E-state index < -0.39 is 0 Å². The van der Waals surface area contributed by atoms with Gasteiger partial charge < -0.3 is 10.4 Å². The predicted octanol–water partition coefficient (Wildman–Crippen LogP) is 1.89. The monoisotopic (exact) mass is 193 g/mol. The van der Waals surface area contributed by atoms with Gasteiger partial charge in [-0.15, -0.1) is 0 Å². The summed E-state index contributed by atoms with van der Waals surface area (Å²) in [4.78, 5) is 0. The molecule has 0 aromatic heterocycles. The molecule has 0 amide bonds. The Morgan fingerprint density at radius 2 is 1.93 bits per heavy atom. The van der Waals surface area contributed by atoms with Crippen LogP contribution in [-0.4, -0.2) is 18.7 Å². The van der Waals surface area contributed by atoms with Gasteiger partial charge in [0.25, 0.3) is 0 Å². The second-order valence-electron chi connectivity index (χ2n) is 3.50. The molecule has 1 unspecified atom stereocenters. The maximum Gasteiger partial charge on any atom is 0.0802 e. The van der Waals surface area contributed by atoms with Crippen LogP contribution in [0, 0.1) is 0 Å². The lowest BCUT2D eigenvalue weighted by Gasteiger charge is -2.10. The van der Waals surface area contributed by atoms with Crippen LogP contribution in [0.4, 0.5) is 0 Å². The van der Waals surface area contributed by atoms with Crippen molar-refractivity contribution >= 4 is 0 Å². The van der Waals surface area contributed by atoms with Gasteiger partial charge in [-0.3, -0.25) is 0 Å². The number of aliphatic hydroxyl groups excluding tert-OH is 1. The number of nitrogens with one attached hydrogen (secondary N) is 1. The summed E-state index contributed by atoms with van der Waals surface area (Å²) in [6.45, 7) is 2.98. The third-order valence-corrected chi connectivity index (χ3v) is 2.44. The van der Waals surface area contributed by atoms with Crippen molar-refractivity contribution in [3.63, 3.8) is 0 Å². The van der Waals surface area contributed by atoms with E-state index in [0.717, 1.165) is 24.9 Å². The molecule has 0 bridgehead atoms. The molecule has 1 atom stereocenters. The van der Waals surface area contributed by atoms with Crippen molar-refractivity contribution in [2.75, 3.05) is 13.6 Å². The van der Waals surface area contributed by atoms with E-state index in [0.29, 0.717) is 0 Å². The molecule has 2 nitrogen and oxygen atoms in total. The van der Waals surface area contributed by atoms with Gasteiger partial charge in [-0.05, 0) is 37.6 Å². The van der Waals surface area contributed by atoms with E-state index in [2.05, 4.69) is 24.4 Å². The standard InChI is InChI=1S/C12H19NO/c1-3-10-4-6-11(7-5-10)12(14)8-9-13-2/h4-7,12-14H,3,8-9H2,1-2H3. The van der Waals surface area contributed by atoms with Gasteiger partial charge in [0.05, 0.1) is 6.10 Å². The van der Waals surface area contributed by atoms with Crippen molar-refractivity contribution in [3.05, 3.63) is 35.4 Å². The molecule has 1 rings (SSSR count). The van der Waals surface area contributed by atoms with Crippen LogP contribution >= 0.6 is 0 Å². The van der Waals surface area contributed by atoms with Crippen LogP contribution < -0.4 is 5.32 Å². The molecule has 2 N–H and O–H groups in total. The Labute approximate surface area is 86.0 Å². The SMILES string of the molecule is CCc1ccc(C(O)CCNC)cc1. The van der Waals surface area contributed by atoms with E-state index in [1.54, 1.807) is 0 Å². The average molecular weight is 193 g/mol. The summed E-state index contributed by atoms with van der Waals surface area (Å²) in [7, 11) is 1.90. The van der Waals surface area contributed by atoms with Gasteiger partial charge >= 0.3 is 0 Å². The molecule has 0 aliphatic heterocycles. The zero-order chi connectivity index (χ0) is 10.4. The predicted molar refractivity (Wildman–Crippen MR) is 59.3 cm³/mol. The smallest absolute Gasteiger partial charge is 0.0802 e. The topological polar surface area (TPSA) is 32.3 Å². The second kappa shape index (κ2) is 5.78. The number of hydrogen-bond donors (Lipinski definition) is 2. The molecule has 1 aromatic carbocycles. The van der Waals surface area contributed by atoms with Crippen LogP contribution in [0.5, 0.6) is 0 Å². The van der Waals surface area contributed by atoms with Crippen molar-refractivity contribution in [1.82, 2.24) is 5.32 Å². The van der Waals surface area contributed by atoms with E-state index in [-0.39, 0.29) is 6.10 Å². The first-order valence-electron chi connectivity index (χ1n) is 5.19. The minimum absolute atomic E-state index is 0.339. The van der Waals surface area contributed by atoms with Crippen LogP contribution in [0.2, 0.25) is 0 Å². The van der Waals surface area contributed by atoms with E-state index in [1.807, 2.05) is 19.2 Å². The summed E-state index contributed by atoms with van der Waals surface area (Å²) in [6, 6.07) is 8.19. The Balaban J connectivity index is 2.57. The highest BCUT2D eigenvalue weighted by atomic mass is 16.3. The van der Waals surface area contributed by atoms with Gasteiger partial charge in [0.15, 0.2) is 0 Å². The van der Waals surface area contributed by atoms with E-state index in [1.165, 1.54) is 5.56 Å². The zero-order valence-electron chi connectivity index (χ0n) is 8.96. The first-order valence-corrected chi connectivity index (χ1v) is 5.19. The molecule has 0 fully saturated rings. The van der Waals surface area contributed by atoms with Crippen LogP contribution in [0.1, 0.15) is 30.6 Å². The summed E-state index contributed by atoms with van der Waals surface area (Å²) in [5.41, 5.74) is 2.33. The Bertz CT molecular complexity index is 256.